The van der Waals surface area contributed by atoms with Crippen molar-refractivity contribution in [1.82, 2.24) is 0 Å². The lowest BCUT2D eigenvalue weighted by atomic mass is 10.0. The molecule has 0 radical (unpaired) electrons. The highest BCUT2D eigenvalue weighted by atomic mass is 19.4. The predicted octanol–water partition coefficient (Wildman–Crippen LogP) is -1.42. The Labute approximate surface area is 82.8 Å². The van der Waals surface area contributed by atoms with E-state index in [-0.39, 0.29) is 6.29 Å². The number of carbonyl (C=O) groups is 1. The SMILES string of the molecule is O=C[C@@H](O)[C@H](O)[C@H](O)[C@@H](O)CC(F)(F)F. The molecule has 0 aromatic rings. The van der Waals surface area contributed by atoms with Crippen molar-refractivity contribution >= 4 is 6.29 Å². The number of hydrogen-bond acceptors (Lipinski definition) is 5. The van der Waals surface area contributed by atoms with E-state index in [2.05, 4.69) is 0 Å². The average Bonchev–Trinajstić information content (AvgIpc) is 2.11. The van der Waals surface area contributed by atoms with Crippen molar-refractivity contribution in [2.75, 3.05) is 0 Å². The first kappa shape index (κ1) is 14.3. The van der Waals surface area contributed by atoms with E-state index in [1.165, 1.54) is 0 Å². The van der Waals surface area contributed by atoms with E-state index in [1.54, 1.807) is 0 Å². The van der Waals surface area contributed by atoms with Crippen LogP contribution in [0.5, 0.6) is 0 Å². The second-order valence-corrected chi connectivity index (χ2v) is 2.99. The first-order valence-electron chi connectivity index (χ1n) is 3.93. The summed E-state index contributed by atoms with van der Waals surface area (Å²) in [5, 5.41) is 35.3. The van der Waals surface area contributed by atoms with Crippen molar-refractivity contribution in [2.24, 2.45) is 0 Å². The van der Waals surface area contributed by atoms with E-state index in [1.807, 2.05) is 0 Å². The Kier molecular flexibility index (Phi) is 5.15. The zero-order chi connectivity index (χ0) is 12.2. The summed E-state index contributed by atoms with van der Waals surface area (Å²) in [6.07, 6.45) is -15.3. The zero-order valence-electron chi connectivity index (χ0n) is 7.42. The Morgan fingerprint density at radius 1 is 1.07 bits per heavy atom. The van der Waals surface area contributed by atoms with Gasteiger partial charge < -0.3 is 25.2 Å². The summed E-state index contributed by atoms with van der Waals surface area (Å²) in [6.45, 7) is 0. The average molecular weight is 232 g/mol. The van der Waals surface area contributed by atoms with Gasteiger partial charge in [0.25, 0.3) is 0 Å². The summed E-state index contributed by atoms with van der Waals surface area (Å²) in [4.78, 5) is 9.93. The quantitative estimate of drug-likeness (QED) is 0.436. The molecule has 0 aromatic heterocycles. The molecule has 0 aliphatic carbocycles. The van der Waals surface area contributed by atoms with Crippen LogP contribution in [-0.4, -0.2) is 57.3 Å². The molecule has 0 amide bonds. The molecule has 0 aliphatic rings. The van der Waals surface area contributed by atoms with Gasteiger partial charge in [0.05, 0.1) is 12.5 Å². The Hall–Kier alpha value is -0.700. The van der Waals surface area contributed by atoms with Crippen LogP contribution in [0.2, 0.25) is 0 Å². The van der Waals surface area contributed by atoms with Crippen molar-refractivity contribution in [3.63, 3.8) is 0 Å². The van der Waals surface area contributed by atoms with Crippen LogP contribution in [0.25, 0.3) is 0 Å². The van der Waals surface area contributed by atoms with Crippen LogP contribution in [0.3, 0.4) is 0 Å². The van der Waals surface area contributed by atoms with Crippen LogP contribution in [-0.2, 0) is 4.79 Å². The topological polar surface area (TPSA) is 98.0 Å². The van der Waals surface area contributed by atoms with E-state index >= 15 is 0 Å². The fourth-order valence-corrected chi connectivity index (χ4v) is 0.868. The fraction of sp³-hybridized carbons (Fsp3) is 0.857. The highest BCUT2D eigenvalue weighted by Crippen LogP contribution is 2.23. The normalized spacial score (nSPS) is 20.5. The van der Waals surface area contributed by atoms with Crippen LogP contribution in [0, 0.1) is 0 Å². The number of hydrogen-bond donors (Lipinski definition) is 4. The highest BCUT2D eigenvalue weighted by Gasteiger charge is 2.38. The monoisotopic (exact) mass is 232 g/mol. The highest BCUT2D eigenvalue weighted by molar-refractivity contribution is 5.56. The number of aliphatic hydroxyl groups excluding tert-OH is 4. The van der Waals surface area contributed by atoms with Crippen molar-refractivity contribution in [3.8, 4) is 0 Å². The molecule has 90 valence electrons. The standard InChI is InChI=1S/C7H11F3O5/c8-7(9,10)1-3(12)5(14)6(15)4(13)2-11/h2-6,12-15H,1H2/t3-,4+,5+,6-/m0/s1. The maximum absolute atomic E-state index is 11.7. The van der Waals surface area contributed by atoms with Crippen LogP contribution >= 0.6 is 0 Å². The first-order valence-corrected chi connectivity index (χ1v) is 3.93. The summed E-state index contributed by atoms with van der Waals surface area (Å²) in [7, 11) is 0. The molecule has 0 aliphatic heterocycles. The van der Waals surface area contributed by atoms with Crippen molar-refractivity contribution in [3.05, 3.63) is 0 Å². The molecule has 0 aromatic carbocycles. The lowest BCUT2D eigenvalue weighted by Gasteiger charge is -2.24. The third-order valence-electron chi connectivity index (χ3n) is 1.67. The van der Waals surface area contributed by atoms with Gasteiger partial charge in [-0.25, -0.2) is 0 Å². The second-order valence-electron chi connectivity index (χ2n) is 2.99. The molecule has 0 saturated heterocycles. The lowest BCUT2D eigenvalue weighted by Crippen LogP contribution is -2.46. The first-order chi connectivity index (χ1) is 6.69. The molecule has 0 heterocycles. The summed E-state index contributed by atoms with van der Waals surface area (Å²) in [5.74, 6) is 0. The van der Waals surface area contributed by atoms with Gasteiger partial charge in [-0.05, 0) is 0 Å². The Balaban J connectivity index is 4.31. The molecule has 5 nitrogen and oxygen atoms in total. The van der Waals surface area contributed by atoms with Gasteiger partial charge in [0, 0.05) is 0 Å². The molecular weight excluding hydrogens is 221 g/mol. The maximum atomic E-state index is 11.7. The van der Waals surface area contributed by atoms with Crippen LogP contribution in [0.15, 0.2) is 0 Å². The van der Waals surface area contributed by atoms with E-state index in [9.17, 15) is 18.0 Å². The van der Waals surface area contributed by atoms with Crippen LogP contribution in [0.4, 0.5) is 13.2 Å². The lowest BCUT2D eigenvalue weighted by molar-refractivity contribution is -0.179. The smallest absolute Gasteiger partial charge is 0.390 e. The van der Waals surface area contributed by atoms with Gasteiger partial charge in [-0.15, -0.1) is 0 Å². The van der Waals surface area contributed by atoms with Crippen molar-refractivity contribution < 1.29 is 38.4 Å². The molecule has 15 heavy (non-hydrogen) atoms. The van der Waals surface area contributed by atoms with E-state index in [4.69, 9.17) is 20.4 Å². The minimum atomic E-state index is -4.72. The van der Waals surface area contributed by atoms with Crippen molar-refractivity contribution in [2.45, 2.75) is 37.0 Å². The van der Waals surface area contributed by atoms with E-state index < -0.39 is 37.0 Å². The molecule has 4 atom stereocenters. The zero-order valence-corrected chi connectivity index (χ0v) is 7.42. The molecule has 0 fully saturated rings. The van der Waals surface area contributed by atoms with Crippen molar-refractivity contribution in [1.29, 1.82) is 0 Å². The minimum absolute atomic E-state index is 0.159. The van der Waals surface area contributed by atoms with E-state index in [0.29, 0.717) is 0 Å². The van der Waals surface area contributed by atoms with Gasteiger partial charge >= 0.3 is 6.18 Å². The Morgan fingerprint density at radius 3 is 1.87 bits per heavy atom. The summed E-state index contributed by atoms with van der Waals surface area (Å²) in [6, 6.07) is 0. The van der Waals surface area contributed by atoms with Crippen LogP contribution < -0.4 is 0 Å². The number of aldehydes is 1. The Morgan fingerprint density at radius 2 is 1.53 bits per heavy atom. The maximum Gasteiger partial charge on any atom is 0.391 e. The number of alkyl halides is 3. The third-order valence-corrected chi connectivity index (χ3v) is 1.67. The molecule has 0 rings (SSSR count). The predicted molar refractivity (Wildman–Crippen MR) is 40.8 cm³/mol. The van der Waals surface area contributed by atoms with E-state index in [0.717, 1.165) is 0 Å². The largest absolute Gasteiger partial charge is 0.391 e. The molecule has 0 saturated carbocycles. The second kappa shape index (κ2) is 5.40. The summed E-state index contributed by atoms with van der Waals surface area (Å²) >= 11 is 0. The number of carbonyl (C=O) groups excluding carboxylic acids is 1. The minimum Gasteiger partial charge on any atom is -0.390 e. The molecule has 0 bridgehead atoms. The van der Waals surface area contributed by atoms with Gasteiger partial charge in [-0.1, -0.05) is 0 Å². The molecule has 0 spiro atoms. The third kappa shape index (κ3) is 5.07. The molecule has 4 N–H and O–H groups in total. The number of aliphatic hydroxyl groups is 4. The summed E-state index contributed by atoms with van der Waals surface area (Å²) < 4.78 is 35.2. The van der Waals surface area contributed by atoms with Gasteiger partial charge in [0.1, 0.15) is 18.3 Å². The van der Waals surface area contributed by atoms with Gasteiger partial charge in [-0.3, -0.25) is 0 Å². The molecular formula is C7H11F3O5. The van der Waals surface area contributed by atoms with Gasteiger partial charge in [0.2, 0.25) is 0 Å². The summed E-state index contributed by atoms with van der Waals surface area (Å²) in [5.41, 5.74) is 0. The van der Waals surface area contributed by atoms with Gasteiger partial charge in [0.15, 0.2) is 6.29 Å². The van der Waals surface area contributed by atoms with Crippen LogP contribution in [0.1, 0.15) is 6.42 Å². The number of rotatable bonds is 5. The number of halogens is 3. The Bertz CT molecular complexity index is 207. The fourth-order valence-electron chi connectivity index (χ4n) is 0.868. The molecule has 0 unspecified atom stereocenters. The molecule has 8 heteroatoms. The van der Waals surface area contributed by atoms with Gasteiger partial charge in [-0.2, -0.15) is 13.2 Å².